The molecule has 6 heteroatoms. The Bertz CT molecular complexity index is 459. The maximum absolute atomic E-state index is 11.9. The van der Waals surface area contributed by atoms with Crippen molar-refractivity contribution in [2.24, 2.45) is 0 Å². The van der Waals surface area contributed by atoms with Crippen molar-refractivity contribution in [2.45, 2.75) is 26.8 Å². The van der Waals surface area contributed by atoms with Crippen LogP contribution in [-0.4, -0.2) is 41.7 Å². The lowest BCUT2D eigenvalue weighted by Crippen LogP contribution is -2.40. The van der Waals surface area contributed by atoms with E-state index < -0.39 is 5.97 Å². The van der Waals surface area contributed by atoms with E-state index in [1.165, 1.54) is 0 Å². The number of nitrogens with one attached hydrogen (secondary N) is 1. The number of carboxylic acid groups (broad SMARTS) is 1. The highest BCUT2D eigenvalue weighted by molar-refractivity contribution is 5.75. The van der Waals surface area contributed by atoms with Crippen molar-refractivity contribution < 1.29 is 19.4 Å². The summed E-state index contributed by atoms with van der Waals surface area (Å²) in [5, 5.41) is 11.1. The van der Waals surface area contributed by atoms with Gasteiger partial charge in [-0.1, -0.05) is 12.1 Å². The smallest absolute Gasteiger partial charge is 0.317 e. The van der Waals surface area contributed by atoms with Gasteiger partial charge in [0.2, 0.25) is 0 Å². The molecule has 21 heavy (non-hydrogen) atoms. The first-order valence-electron chi connectivity index (χ1n) is 7.03. The van der Waals surface area contributed by atoms with Crippen LogP contribution >= 0.6 is 0 Å². The van der Waals surface area contributed by atoms with E-state index in [2.05, 4.69) is 5.32 Å². The minimum Gasteiger partial charge on any atom is -0.494 e. The predicted octanol–water partition coefficient (Wildman–Crippen LogP) is 2.09. The number of rotatable bonds is 8. The molecule has 0 aliphatic carbocycles. The third-order valence-corrected chi connectivity index (χ3v) is 2.89. The first-order valence-corrected chi connectivity index (χ1v) is 7.03. The summed E-state index contributed by atoms with van der Waals surface area (Å²) in [5.41, 5.74) is 0.994. The van der Waals surface area contributed by atoms with Crippen LogP contribution in [0.4, 0.5) is 4.79 Å². The maximum atomic E-state index is 11.9. The first-order chi connectivity index (χ1) is 10.1. The maximum Gasteiger partial charge on any atom is 0.317 e. The minimum absolute atomic E-state index is 0.0770. The van der Waals surface area contributed by atoms with Crippen molar-refractivity contribution in [3.8, 4) is 5.75 Å². The molecule has 0 fully saturated rings. The Hall–Kier alpha value is -2.24. The Morgan fingerprint density at radius 1 is 1.24 bits per heavy atom. The number of ether oxygens (including phenoxy) is 1. The lowest BCUT2D eigenvalue weighted by Gasteiger charge is -2.21. The molecule has 2 N–H and O–H groups in total. The van der Waals surface area contributed by atoms with Gasteiger partial charge in [-0.2, -0.15) is 0 Å². The Kier molecular flexibility index (Phi) is 7.08. The van der Waals surface area contributed by atoms with Crippen molar-refractivity contribution in [2.75, 3.05) is 19.7 Å². The van der Waals surface area contributed by atoms with Crippen LogP contribution in [0.15, 0.2) is 24.3 Å². The van der Waals surface area contributed by atoms with Crippen molar-refractivity contribution in [3.05, 3.63) is 29.8 Å². The highest BCUT2D eigenvalue weighted by atomic mass is 16.5. The number of amides is 2. The molecule has 0 aliphatic heterocycles. The Morgan fingerprint density at radius 3 is 2.43 bits per heavy atom. The van der Waals surface area contributed by atoms with Gasteiger partial charge in [0.15, 0.2) is 0 Å². The summed E-state index contributed by atoms with van der Waals surface area (Å²) in [7, 11) is 0. The molecule has 1 aromatic carbocycles. The zero-order valence-corrected chi connectivity index (χ0v) is 12.5. The van der Waals surface area contributed by atoms with Gasteiger partial charge < -0.3 is 20.1 Å². The number of carboxylic acids is 1. The fourth-order valence-electron chi connectivity index (χ4n) is 1.79. The molecule has 0 aliphatic rings. The number of benzene rings is 1. The normalized spacial score (nSPS) is 10.0. The molecule has 0 unspecified atom stereocenters. The van der Waals surface area contributed by atoms with E-state index in [1.807, 2.05) is 38.1 Å². The van der Waals surface area contributed by atoms with E-state index in [4.69, 9.17) is 9.84 Å². The number of hydrogen-bond acceptors (Lipinski definition) is 3. The summed E-state index contributed by atoms with van der Waals surface area (Å²) >= 11 is 0. The van der Waals surface area contributed by atoms with Crippen LogP contribution in [0.2, 0.25) is 0 Å². The van der Waals surface area contributed by atoms with Crippen molar-refractivity contribution in [3.63, 3.8) is 0 Å². The minimum atomic E-state index is -0.926. The Labute approximate surface area is 124 Å². The van der Waals surface area contributed by atoms with E-state index >= 15 is 0 Å². The largest absolute Gasteiger partial charge is 0.494 e. The number of nitrogens with zero attached hydrogens (tertiary/aromatic N) is 1. The summed E-state index contributed by atoms with van der Waals surface area (Å²) in [6.07, 6.45) is -0.0770. The van der Waals surface area contributed by atoms with Crippen LogP contribution in [-0.2, 0) is 11.3 Å². The van der Waals surface area contributed by atoms with Crippen molar-refractivity contribution in [1.29, 1.82) is 0 Å². The summed E-state index contributed by atoms with van der Waals surface area (Å²) in [4.78, 5) is 24.0. The number of hydrogen-bond donors (Lipinski definition) is 2. The van der Waals surface area contributed by atoms with Gasteiger partial charge >= 0.3 is 12.0 Å². The number of urea groups is 1. The molecular weight excluding hydrogens is 272 g/mol. The molecule has 0 saturated heterocycles. The summed E-state index contributed by atoms with van der Waals surface area (Å²) in [5.74, 6) is -0.125. The van der Waals surface area contributed by atoms with Gasteiger partial charge in [-0.05, 0) is 31.5 Å². The van der Waals surface area contributed by atoms with E-state index in [-0.39, 0.29) is 19.0 Å². The Balaban J connectivity index is 2.52. The molecule has 0 radical (unpaired) electrons. The average Bonchev–Trinajstić information content (AvgIpc) is 2.46. The Morgan fingerprint density at radius 2 is 1.90 bits per heavy atom. The fourth-order valence-corrected chi connectivity index (χ4v) is 1.79. The van der Waals surface area contributed by atoms with Gasteiger partial charge in [0.25, 0.3) is 0 Å². The third-order valence-electron chi connectivity index (χ3n) is 2.89. The first kappa shape index (κ1) is 16.8. The molecule has 0 atom stereocenters. The molecule has 0 saturated carbocycles. The molecular formula is C15H22N2O4. The van der Waals surface area contributed by atoms with Gasteiger partial charge in [0.05, 0.1) is 13.0 Å². The van der Waals surface area contributed by atoms with Crippen molar-refractivity contribution in [1.82, 2.24) is 10.2 Å². The average molecular weight is 294 g/mol. The zero-order valence-electron chi connectivity index (χ0n) is 12.5. The molecule has 0 spiro atoms. The monoisotopic (exact) mass is 294 g/mol. The molecule has 6 nitrogen and oxygen atoms in total. The van der Waals surface area contributed by atoms with Crippen LogP contribution in [0, 0.1) is 0 Å². The lowest BCUT2D eigenvalue weighted by molar-refractivity contribution is -0.136. The SMILES string of the molecule is CCOc1ccc(CN(CC)C(=O)NCCC(=O)O)cc1. The van der Waals surface area contributed by atoms with Crippen LogP contribution in [0.5, 0.6) is 5.75 Å². The standard InChI is InChI=1S/C15H22N2O4/c1-3-17(15(20)16-10-9-14(18)19)11-12-5-7-13(8-6-12)21-4-2/h5-8H,3-4,9-11H2,1-2H3,(H,16,20)(H,18,19). The highest BCUT2D eigenvalue weighted by Gasteiger charge is 2.12. The molecule has 1 rings (SSSR count). The molecule has 0 heterocycles. The van der Waals surface area contributed by atoms with E-state index in [0.717, 1.165) is 11.3 Å². The summed E-state index contributed by atoms with van der Waals surface area (Å²) in [6.45, 7) is 5.58. The van der Waals surface area contributed by atoms with E-state index in [1.54, 1.807) is 4.90 Å². The number of carbonyl (C=O) groups excluding carboxylic acids is 1. The van der Waals surface area contributed by atoms with Crippen LogP contribution < -0.4 is 10.1 Å². The predicted molar refractivity (Wildman–Crippen MR) is 79.3 cm³/mol. The van der Waals surface area contributed by atoms with Crippen LogP contribution in [0.25, 0.3) is 0 Å². The quantitative estimate of drug-likeness (QED) is 0.769. The lowest BCUT2D eigenvalue weighted by atomic mass is 10.2. The molecule has 116 valence electrons. The fraction of sp³-hybridized carbons (Fsp3) is 0.467. The molecule has 2 amide bonds. The number of carbonyl (C=O) groups is 2. The van der Waals surface area contributed by atoms with E-state index in [0.29, 0.717) is 19.7 Å². The third kappa shape index (κ3) is 6.16. The van der Waals surface area contributed by atoms with Gasteiger partial charge in [-0.25, -0.2) is 4.79 Å². The van der Waals surface area contributed by atoms with Crippen molar-refractivity contribution >= 4 is 12.0 Å². The second kappa shape index (κ2) is 8.84. The second-order valence-corrected chi connectivity index (χ2v) is 4.47. The van der Waals surface area contributed by atoms with Gasteiger partial charge in [-0.3, -0.25) is 4.79 Å². The molecule has 0 bridgehead atoms. The number of aliphatic carboxylic acids is 1. The topological polar surface area (TPSA) is 78.9 Å². The van der Waals surface area contributed by atoms with Gasteiger partial charge in [0.1, 0.15) is 5.75 Å². The zero-order chi connectivity index (χ0) is 15.7. The van der Waals surface area contributed by atoms with Gasteiger partial charge in [0, 0.05) is 19.6 Å². The van der Waals surface area contributed by atoms with Crippen LogP contribution in [0.1, 0.15) is 25.8 Å². The van der Waals surface area contributed by atoms with Crippen LogP contribution in [0.3, 0.4) is 0 Å². The second-order valence-electron chi connectivity index (χ2n) is 4.47. The highest BCUT2D eigenvalue weighted by Crippen LogP contribution is 2.13. The summed E-state index contributed by atoms with van der Waals surface area (Å²) < 4.78 is 5.37. The van der Waals surface area contributed by atoms with Gasteiger partial charge in [-0.15, -0.1) is 0 Å². The summed E-state index contributed by atoms with van der Waals surface area (Å²) in [6, 6.07) is 7.31. The molecule has 0 aromatic heterocycles. The van der Waals surface area contributed by atoms with E-state index in [9.17, 15) is 9.59 Å². The molecule has 1 aromatic rings.